The Balaban J connectivity index is 2.11. The van der Waals surface area contributed by atoms with E-state index in [1.807, 2.05) is 0 Å². The van der Waals surface area contributed by atoms with Crippen molar-refractivity contribution in [3.8, 4) is 11.5 Å². The van der Waals surface area contributed by atoms with E-state index >= 15 is 0 Å². The Kier molecular flexibility index (Phi) is 5.63. The number of benzene rings is 1. The van der Waals surface area contributed by atoms with Crippen LogP contribution in [-0.2, 0) is 4.79 Å². The average molecular weight is 362 g/mol. The number of ether oxygens (including phenoxy) is 2. The van der Waals surface area contributed by atoms with Crippen LogP contribution in [0.25, 0.3) is 0 Å². The number of anilines is 1. The Morgan fingerprint density at radius 2 is 1.96 bits per heavy atom. The van der Waals surface area contributed by atoms with E-state index in [0.717, 1.165) is 0 Å². The molecule has 0 saturated carbocycles. The number of nitrogens with zero attached hydrogens (tertiary/aromatic N) is 3. The first kappa shape index (κ1) is 18.6. The number of nitro groups is 2. The first-order valence-corrected chi connectivity index (χ1v) is 7.18. The number of pyridine rings is 1. The molecule has 0 radical (unpaired) electrons. The Bertz CT molecular complexity index is 869. The normalized spacial score (nSPS) is 10.1. The molecule has 1 heterocycles. The van der Waals surface area contributed by atoms with Crippen molar-refractivity contribution < 1.29 is 24.1 Å². The maximum absolute atomic E-state index is 12.0. The van der Waals surface area contributed by atoms with Gasteiger partial charge in [-0.1, -0.05) is 0 Å². The quantitative estimate of drug-likeness (QED) is 0.582. The minimum absolute atomic E-state index is 0.0142. The minimum Gasteiger partial charge on any atom is -0.490 e. The molecule has 2 aromatic rings. The van der Waals surface area contributed by atoms with Crippen molar-refractivity contribution in [2.24, 2.45) is 0 Å². The van der Waals surface area contributed by atoms with Gasteiger partial charge in [-0.05, 0) is 34.5 Å². The molecule has 1 amide bonds. The second-order valence-corrected chi connectivity index (χ2v) is 5.02. The molecule has 0 bridgehead atoms. The molecule has 11 nitrogen and oxygen atoms in total. The number of carbonyl (C=O) groups is 1. The first-order valence-electron chi connectivity index (χ1n) is 7.18. The molecule has 0 spiro atoms. The molecule has 1 aromatic carbocycles. The molecule has 136 valence electrons. The molecule has 26 heavy (non-hydrogen) atoms. The van der Waals surface area contributed by atoms with Gasteiger partial charge in [0, 0.05) is 17.8 Å². The third-order valence-electron chi connectivity index (χ3n) is 3.28. The zero-order chi connectivity index (χ0) is 19.3. The van der Waals surface area contributed by atoms with Crippen molar-refractivity contribution in [2.45, 2.75) is 6.92 Å². The summed E-state index contributed by atoms with van der Waals surface area (Å²) in [5.74, 6) is -1.28. The average Bonchev–Trinajstić information content (AvgIpc) is 2.61. The number of nitro benzene ring substituents is 1. The van der Waals surface area contributed by atoms with Gasteiger partial charge in [0.05, 0.1) is 12.0 Å². The van der Waals surface area contributed by atoms with Crippen LogP contribution in [0.2, 0.25) is 0 Å². The summed E-state index contributed by atoms with van der Waals surface area (Å²) in [5.41, 5.74) is 0.505. The first-order chi connectivity index (χ1) is 12.3. The molecule has 1 N–H and O–H groups in total. The lowest BCUT2D eigenvalue weighted by atomic mass is 10.1. The van der Waals surface area contributed by atoms with Crippen LogP contribution in [0.15, 0.2) is 30.5 Å². The monoisotopic (exact) mass is 362 g/mol. The SMILES string of the molecule is COc1cc(NC(=O)COc2cccnc2[N+](=O)[O-])c(C)cc1[N+](=O)[O-]. The Labute approximate surface area is 146 Å². The number of aromatic nitrogens is 1. The number of hydrogen-bond donors (Lipinski definition) is 1. The molecule has 1 aromatic heterocycles. The van der Waals surface area contributed by atoms with Gasteiger partial charge in [0.25, 0.3) is 5.91 Å². The summed E-state index contributed by atoms with van der Waals surface area (Å²) in [6.07, 6.45) is 1.23. The summed E-state index contributed by atoms with van der Waals surface area (Å²) < 4.78 is 10.1. The lowest BCUT2D eigenvalue weighted by Gasteiger charge is -2.11. The van der Waals surface area contributed by atoms with Gasteiger partial charge in [0.2, 0.25) is 5.75 Å². The van der Waals surface area contributed by atoms with Gasteiger partial charge >= 0.3 is 11.5 Å². The van der Waals surface area contributed by atoms with E-state index in [1.165, 1.54) is 37.6 Å². The van der Waals surface area contributed by atoms with E-state index in [9.17, 15) is 25.0 Å². The summed E-state index contributed by atoms with van der Waals surface area (Å²) in [6.45, 7) is 1.07. The number of amides is 1. The molecule has 0 fully saturated rings. The number of hydrogen-bond acceptors (Lipinski definition) is 8. The van der Waals surface area contributed by atoms with Gasteiger partial charge in [-0.15, -0.1) is 0 Å². The van der Waals surface area contributed by atoms with Crippen LogP contribution >= 0.6 is 0 Å². The predicted octanol–water partition coefficient (Wildman–Crippen LogP) is 2.23. The van der Waals surface area contributed by atoms with Crippen LogP contribution in [-0.4, -0.2) is 34.5 Å². The summed E-state index contributed by atoms with van der Waals surface area (Å²) in [5, 5.41) is 24.3. The smallest absolute Gasteiger partial charge is 0.406 e. The Hall–Kier alpha value is -3.76. The minimum atomic E-state index is -0.724. The van der Waals surface area contributed by atoms with Crippen molar-refractivity contribution in [3.05, 3.63) is 56.3 Å². The largest absolute Gasteiger partial charge is 0.490 e. The van der Waals surface area contributed by atoms with Gasteiger partial charge < -0.3 is 24.9 Å². The number of methoxy groups -OCH3 is 1. The summed E-state index contributed by atoms with van der Waals surface area (Å²) >= 11 is 0. The van der Waals surface area contributed by atoms with Gasteiger partial charge in [-0.25, -0.2) is 0 Å². The maximum atomic E-state index is 12.0. The fourth-order valence-corrected chi connectivity index (χ4v) is 2.08. The van der Waals surface area contributed by atoms with E-state index in [4.69, 9.17) is 9.47 Å². The molecular weight excluding hydrogens is 348 g/mol. The molecule has 0 atom stereocenters. The molecule has 0 aliphatic rings. The lowest BCUT2D eigenvalue weighted by molar-refractivity contribution is -0.390. The highest BCUT2D eigenvalue weighted by atomic mass is 16.6. The maximum Gasteiger partial charge on any atom is 0.406 e. The van der Waals surface area contributed by atoms with Crippen molar-refractivity contribution >= 4 is 23.1 Å². The van der Waals surface area contributed by atoms with Crippen molar-refractivity contribution in [1.29, 1.82) is 0 Å². The predicted molar refractivity (Wildman–Crippen MR) is 89.4 cm³/mol. The fourth-order valence-electron chi connectivity index (χ4n) is 2.08. The molecule has 0 unspecified atom stereocenters. The van der Waals surface area contributed by atoms with E-state index in [2.05, 4.69) is 10.3 Å². The van der Waals surface area contributed by atoms with Crippen molar-refractivity contribution in [3.63, 3.8) is 0 Å². The second kappa shape index (κ2) is 7.88. The standard InChI is InChI=1S/C15H14N4O7/c1-9-6-11(18(21)22)13(25-2)7-10(9)17-14(20)8-26-12-4-3-5-16-15(12)19(23)24/h3-7H,8H2,1-2H3,(H,17,20). The molecule has 0 aliphatic carbocycles. The molecular formula is C15H14N4O7. The van der Waals surface area contributed by atoms with Gasteiger partial charge in [0.15, 0.2) is 12.4 Å². The highest BCUT2D eigenvalue weighted by Gasteiger charge is 2.20. The highest BCUT2D eigenvalue weighted by Crippen LogP contribution is 2.32. The van der Waals surface area contributed by atoms with Crippen molar-refractivity contribution in [2.75, 3.05) is 19.0 Å². The van der Waals surface area contributed by atoms with Gasteiger partial charge in [-0.3, -0.25) is 14.9 Å². The van der Waals surface area contributed by atoms with E-state index in [1.54, 1.807) is 6.92 Å². The summed E-state index contributed by atoms with van der Waals surface area (Å²) in [6, 6.07) is 5.34. The van der Waals surface area contributed by atoms with Crippen molar-refractivity contribution in [1.82, 2.24) is 4.98 Å². The molecule has 11 heteroatoms. The van der Waals surface area contributed by atoms with Crippen LogP contribution < -0.4 is 14.8 Å². The third kappa shape index (κ3) is 4.20. The zero-order valence-corrected chi connectivity index (χ0v) is 13.8. The summed E-state index contributed by atoms with van der Waals surface area (Å²) in [7, 11) is 1.27. The molecule has 0 saturated heterocycles. The van der Waals surface area contributed by atoms with E-state index < -0.39 is 28.2 Å². The van der Waals surface area contributed by atoms with Crippen LogP contribution in [0.1, 0.15) is 5.56 Å². The number of carbonyl (C=O) groups excluding carboxylic acids is 1. The summed E-state index contributed by atoms with van der Waals surface area (Å²) in [4.78, 5) is 36.1. The fraction of sp³-hybridized carbons (Fsp3) is 0.200. The van der Waals surface area contributed by atoms with E-state index in [0.29, 0.717) is 11.3 Å². The lowest BCUT2D eigenvalue weighted by Crippen LogP contribution is -2.21. The van der Waals surface area contributed by atoms with Gasteiger partial charge in [-0.2, -0.15) is 0 Å². The van der Waals surface area contributed by atoms with Crippen LogP contribution in [0.4, 0.5) is 17.2 Å². The Morgan fingerprint density at radius 3 is 2.58 bits per heavy atom. The van der Waals surface area contributed by atoms with Gasteiger partial charge in [0.1, 0.15) is 6.20 Å². The van der Waals surface area contributed by atoms with Crippen LogP contribution in [0.5, 0.6) is 11.5 Å². The number of nitrogens with one attached hydrogen (secondary N) is 1. The zero-order valence-electron chi connectivity index (χ0n) is 13.8. The number of aryl methyl sites for hydroxylation is 1. The third-order valence-corrected chi connectivity index (χ3v) is 3.28. The van der Waals surface area contributed by atoms with E-state index in [-0.39, 0.29) is 17.2 Å². The van der Waals surface area contributed by atoms with Crippen LogP contribution in [0.3, 0.4) is 0 Å². The number of rotatable bonds is 7. The molecule has 0 aliphatic heterocycles. The highest BCUT2D eigenvalue weighted by molar-refractivity contribution is 5.93. The Morgan fingerprint density at radius 1 is 1.23 bits per heavy atom. The molecule has 2 rings (SSSR count). The van der Waals surface area contributed by atoms with Crippen LogP contribution in [0, 0.1) is 27.2 Å². The second-order valence-electron chi connectivity index (χ2n) is 5.02. The topological polar surface area (TPSA) is 147 Å².